The number of carbonyl (C=O) groups excluding carboxylic acids is 1. The Morgan fingerprint density at radius 3 is 3.25 bits per heavy atom. The molecule has 3 nitrogen and oxygen atoms in total. The van der Waals surface area contributed by atoms with Gasteiger partial charge in [0.15, 0.2) is 5.78 Å². The van der Waals surface area contributed by atoms with Crippen molar-refractivity contribution in [3.05, 3.63) is 35.9 Å². The van der Waals surface area contributed by atoms with Crippen molar-refractivity contribution in [2.75, 3.05) is 0 Å². The summed E-state index contributed by atoms with van der Waals surface area (Å²) in [6.07, 6.45) is 8.36. The van der Waals surface area contributed by atoms with Crippen molar-refractivity contribution >= 4 is 12.0 Å². The summed E-state index contributed by atoms with van der Waals surface area (Å²) in [5, 5.41) is 0. The Bertz CT molecular complexity index is 334. The highest BCUT2D eigenvalue weighted by Gasteiger charge is 2.14. The molecule has 2 rings (SSSR count). The zero-order valence-electron chi connectivity index (χ0n) is 6.36. The third kappa shape index (κ3) is 1.21. The number of carbonyl (C=O) groups is 1. The summed E-state index contributed by atoms with van der Waals surface area (Å²) in [5.41, 5.74) is 0.736. The van der Waals surface area contributed by atoms with Gasteiger partial charge in [-0.15, -0.1) is 0 Å². The molecule has 0 radical (unpaired) electrons. The molecule has 0 spiro atoms. The van der Waals surface area contributed by atoms with E-state index in [-0.39, 0.29) is 5.78 Å². The molecule has 60 valence electrons. The number of aliphatic imine (C=N–C) groups is 1. The monoisotopic (exact) mass is 161 g/mol. The van der Waals surface area contributed by atoms with Crippen LogP contribution in [0.1, 0.15) is 6.42 Å². The van der Waals surface area contributed by atoms with Crippen molar-refractivity contribution in [1.82, 2.24) is 0 Å². The second-order valence-corrected chi connectivity index (χ2v) is 2.51. The first-order chi connectivity index (χ1) is 5.86. The van der Waals surface area contributed by atoms with Crippen LogP contribution in [0.4, 0.5) is 0 Å². The molecule has 0 fully saturated rings. The molecule has 1 aliphatic carbocycles. The number of rotatable bonds is 0. The molecule has 0 N–H and O–H groups in total. The molecule has 0 aromatic rings. The average molecular weight is 161 g/mol. The minimum atomic E-state index is 0.0549. The summed E-state index contributed by atoms with van der Waals surface area (Å²) < 4.78 is 5.18. The summed E-state index contributed by atoms with van der Waals surface area (Å²) in [7, 11) is 0. The number of ether oxygens (including phenoxy) is 1. The standard InChI is InChI=1S/C9H7NO2/c11-7-2-3-8-9(6-7)12-5-1-4-10-8/h1-5H,6H2. The second-order valence-electron chi connectivity index (χ2n) is 2.51. The summed E-state index contributed by atoms with van der Waals surface area (Å²) in [6.45, 7) is 0. The van der Waals surface area contributed by atoms with Crippen LogP contribution in [0.3, 0.4) is 0 Å². The van der Waals surface area contributed by atoms with Crippen LogP contribution in [0, 0.1) is 0 Å². The topological polar surface area (TPSA) is 38.7 Å². The smallest absolute Gasteiger partial charge is 0.163 e. The van der Waals surface area contributed by atoms with Crippen LogP contribution in [-0.4, -0.2) is 12.0 Å². The molecule has 1 aliphatic heterocycles. The van der Waals surface area contributed by atoms with Crippen molar-refractivity contribution in [3.8, 4) is 0 Å². The number of nitrogens with zero attached hydrogens (tertiary/aromatic N) is 1. The molecule has 0 unspecified atom stereocenters. The van der Waals surface area contributed by atoms with Crippen LogP contribution in [-0.2, 0) is 9.53 Å². The Morgan fingerprint density at radius 2 is 2.33 bits per heavy atom. The van der Waals surface area contributed by atoms with Gasteiger partial charge in [-0.1, -0.05) is 0 Å². The van der Waals surface area contributed by atoms with Crippen LogP contribution in [0.15, 0.2) is 40.9 Å². The lowest BCUT2D eigenvalue weighted by Gasteiger charge is -2.08. The maximum atomic E-state index is 11.0. The Kier molecular flexibility index (Phi) is 1.63. The van der Waals surface area contributed by atoms with Gasteiger partial charge in [0, 0.05) is 6.21 Å². The molecular weight excluding hydrogens is 154 g/mol. The minimum Gasteiger partial charge on any atom is -0.467 e. The molecule has 0 bridgehead atoms. The maximum Gasteiger partial charge on any atom is 0.163 e. The van der Waals surface area contributed by atoms with E-state index in [1.165, 1.54) is 12.3 Å². The van der Waals surface area contributed by atoms with E-state index < -0.39 is 0 Å². The first-order valence-electron chi connectivity index (χ1n) is 3.66. The quantitative estimate of drug-likeness (QED) is 0.537. The Morgan fingerprint density at radius 1 is 1.42 bits per heavy atom. The minimum absolute atomic E-state index is 0.0549. The summed E-state index contributed by atoms with van der Waals surface area (Å²) in [4.78, 5) is 15.0. The molecule has 0 aromatic carbocycles. The summed E-state index contributed by atoms with van der Waals surface area (Å²) in [6, 6.07) is 0. The lowest BCUT2D eigenvalue weighted by molar-refractivity contribution is -0.114. The number of allylic oxidation sites excluding steroid dienone is 4. The van der Waals surface area contributed by atoms with Gasteiger partial charge in [0.2, 0.25) is 0 Å². The fourth-order valence-electron chi connectivity index (χ4n) is 1.07. The average Bonchev–Trinajstić information content (AvgIpc) is 2.28. The normalized spacial score (nSPS) is 20.5. The fraction of sp³-hybridized carbons (Fsp3) is 0.111. The predicted molar refractivity (Wildman–Crippen MR) is 44.5 cm³/mol. The van der Waals surface area contributed by atoms with E-state index in [4.69, 9.17) is 4.74 Å². The molecule has 2 aliphatic rings. The molecule has 0 amide bonds. The fourth-order valence-corrected chi connectivity index (χ4v) is 1.07. The van der Waals surface area contributed by atoms with Crippen molar-refractivity contribution < 1.29 is 9.53 Å². The maximum absolute atomic E-state index is 11.0. The first-order valence-corrected chi connectivity index (χ1v) is 3.66. The van der Waals surface area contributed by atoms with Gasteiger partial charge in [-0.05, 0) is 18.2 Å². The van der Waals surface area contributed by atoms with Gasteiger partial charge < -0.3 is 4.74 Å². The van der Waals surface area contributed by atoms with Crippen molar-refractivity contribution in [2.24, 2.45) is 4.99 Å². The summed E-state index contributed by atoms with van der Waals surface area (Å²) in [5.74, 6) is 0.687. The SMILES string of the molecule is O=C1C=CC2=C(C1)OC=CC=N2. The molecular formula is C9H7NO2. The van der Waals surface area contributed by atoms with Gasteiger partial charge in [-0.3, -0.25) is 9.79 Å². The number of ketones is 1. The highest BCUT2D eigenvalue weighted by Crippen LogP contribution is 2.20. The lowest BCUT2D eigenvalue weighted by atomic mass is 10.1. The molecule has 0 aromatic heterocycles. The van der Waals surface area contributed by atoms with Gasteiger partial charge in [0.05, 0.1) is 12.7 Å². The van der Waals surface area contributed by atoms with E-state index in [0.29, 0.717) is 12.2 Å². The van der Waals surface area contributed by atoms with Gasteiger partial charge >= 0.3 is 0 Å². The number of hydrogen-bond donors (Lipinski definition) is 0. The number of hydrogen-bond acceptors (Lipinski definition) is 3. The van der Waals surface area contributed by atoms with Crippen LogP contribution >= 0.6 is 0 Å². The van der Waals surface area contributed by atoms with Crippen LogP contribution in [0.2, 0.25) is 0 Å². The van der Waals surface area contributed by atoms with E-state index in [2.05, 4.69) is 4.99 Å². The molecule has 0 atom stereocenters. The molecule has 0 saturated heterocycles. The van der Waals surface area contributed by atoms with E-state index in [9.17, 15) is 4.79 Å². The Hall–Kier alpha value is -1.64. The molecule has 12 heavy (non-hydrogen) atoms. The van der Waals surface area contributed by atoms with Crippen LogP contribution in [0.5, 0.6) is 0 Å². The zero-order chi connectivity index (χ0) is 8.39. The summed E-state index contributed by atoms with van der Waals surface area (Å²) >= 11 is 0. The zero-order valence-corrected chi connectivity index (χ0v) is 6.36. The van der Waals surface area contributed by atoms with Gasteiger partial charge in [0.1, 0.15) is 11.5 Å². The predicted octanol–water partition coefficient (Wildman–Crippen LogP) is 1.34. The highest BCUT2D eigenvalue weighted by atomic mass is 16.5. The van der Waals surface area contributed by atoms with Crippen molar-refractivity contribution in [2.45, 2.75) is 6.42 Å². The van der Waals surface area contributed by atoms with Gasteiger partial charge in [-0.25, -0.2) is 0 Å². The van der Waals surface area contributed by atoms with Gasteiger partial charge in [-0.2, -0.15) is 0 Å². The first kappa shape index (κ1) is 7.03. The molecule has 0 saturated carbocycles. The van der Waals surface area contributed by atoms with E-state index in [1.807, 2.05) is 0 Å². The Balaban J connectivity index is 2.36. The van der Waals surface area contributed by atoms with Crippen molar-refractivity contribution in [1.29, 1.82) is 0 Å². The highest BCUT2D eigenvalue weighted by molar-refractivity contribution is 5.93. The van der Waals surface area contributed by atoms with Gasteiger partial charge in [0.25, 0.3) is 0 Å². The lowest BCUT2D eigenvalue weighted by Crippen LogP contribution is -2.03. The third-order valence-corrected chi connectivity index (χ3v) is 1.64. The van der Waals surface area contributed by atoms with E-state index >= 15 is 0 Å². The Labute approximate surface area is 69.7 Å². The van der Waals surface area contributed by atoms with Crippen LogP contribution < -0.4 is 0 Å². The van der Waals surface area contributed by atoms with E-state index in [1.54, 1.807) is 18.4 Å². The molecule has 3 heteroatoms. The second kappa shape index (κ2) is 2.77. The van der Waals surface area contributed by atoms with E-state index in [0.717, 1.165) is 5.70 Å². The largest absolute Gasteiger partial charge is 0.467 e. The van der Waals surface area contributed by atoms with Crippen molar-refractivity contribution in [3.63, 3.8) is 0 Å². The third-order valence-electron chi connectivity index (χ3n) is 1.64. The van der Waals surface area contributed by atoms with Crippen LogP contribution in [0.25, 0.3) is 0 Å². The molecule has 1 heterocycles.